The van der Waals surface area contributed by atoms with E-state index in [9.17, 15) is 9.69 Å². The van der Waals surface area contributed by atoms with Gasteiger partial charge in [-0.1, -0.05) is 0 Å². The SMILES string of the molecule is CC(C)N(C(C)C)[PH](O)(CCC#N)OCCCCCCCCCCC(=O)O. The van der Waals surface area contributed by atoms with Gasteiger partial charge in [-0.15, -0.1) is 0 Å². The fourth-order valence-corrected chi connectivity index (χ4v) is 6.65. The molecule has 0 aliphatic rings. The van der Waals surface area contributed by atoms with Crippen LogP contribution in [0.3, 0.4) is 0 Å². The van der Waals surface area contributed by atoms with E-state index in [1.165, 1.54) is 0 Å². The van der Waals surface area contributed by atoms with E-state index in [2.05, 4.69) is 38.4 Å². The van der Waals surface area contributed by atoms with Crippen molar-refractivity contribution in [1.29, 1.82) is 5.26 Å². The molecule has 0 aromatic carbocycles. The molecule has 27 heavy (non-hydrogen) atoms. The molecule has 0 radical (unpaired) electrons. The van der Waals surface area contributed by atoms with E-state index in [-0.39, 0.29) is 18.5 Å². The van der Waals surface area contributed by atoms with E-state index in [1.54, 1.807) is 0 Å². The third-order valence-corrected chi connectivity index (χ3v) is 8.10. The van der Waals surface area contributed by atoms with Crippen molar-refractivity contribution in [2.24, 2.45) is 0 Å². The Hall–Kier alpha value is -0.730. The Labute approximate surface area is 166 Å². The fraction of sp³-hybridized carbons (Fsp3) is 0.900. The summed E-state index contributed by atoms with van der Waals surface area (Å²) >= 11 is 0. The molecule has 6 nitrogen and oxygen atoms in total. The molecule has 0 spiro atoms. The van der Waals surface area contributed by atoms with Crippen molar-refractivity contribution in [3.63, 3.8) is 0 Å². The molecule has 0 bridgehead atoms. The number of rotatable bonds is 17. The maximum absolute atomic E-state index is 11.2. The third-order valence-electron chi connectivity index (χ3n) is 4.70. The van der Waals surface area contributed by atoms with Crippen LogP contribution < -0.4 is 0 Å². The van der Waals surface area contributed by atoms with E-state index in [1.807, 2.05) is 0 Å². The normalized spacial score (nSPS) is 12.7. The standard InChI is InChI=1S/C20H41N2O4P/c1-18(2)22(19(3)4)27(25,17-13-15-21)26-16-12-10-8-6-5-7-9-11-14-20(23)24/h18-19,25,27H,5-14,16-17H2,1-4H3,(H,23,24). The Morgan fingerprint density at radius 2 is 1.48 bits per heavy atom. The quantitative estimate of drug-likeness (QED) is 0.258. The van der Waals surface area contributed by atoms with Gasteiger partial charge in [-0.3, -0.25) is 4.79 Å². The zero-order valence-electron chi connectivity index (χ0n) is 17.7. The van der Waals surface area contributed by atoms with Gasteiger partial charge in [0.05, 0.1) is 0 Å². The van der Waals surface area contributed by atoms with Gasteiger partial charge in [-0.25, -0.2) is 0 Å². The second kappa shape index (κ2) is 15.2. The summed E-state index contributed by atoms with van der Waals surface area (Å²) in [6.07, 6.45) is 9.33. The van der Waals surface area contributed by atoms with Crippen molar-refractivity contribution in [1.82, 2.24) is 4.67 Å². The Morgan fingerprint density at radius 1 is 1.00 bits per heavy atom. The summed E-state index contributed by atoms with van der Waals surface area (Å²) in [5.74, 6) is -0.707. The van der Waals surface area contributed by atoms with Crippen LogP contribution in [-0.2, 0) is 9.32 Å². The molecule has 160 valence electrons. The first kappa shape index (κ1) is 26.3. The number of hydrogen-bond acceptors (Lipinski definition) is 5. The molecule has 0 fully saturated rings. The number of nitriles is 1. The third kappa shape index (κ3) is 12.4. The fourth-order valence-electron chi connectivity index (χ4n) is 3.57. The van der Waals surface area contributed by atoms with Crippen molar-refractivity contribution in [3.8, 4) is 6.07 Å². The topological polar surface area (TPSA) is 93.8 Å². The number of carboxylic acids is 1. The molecule has 0 heterocycles. The van der Waals surface area contributed by atoms with Crippen molar-refractivity contribution >= 4 is 13.8 Å². The summed E-state index contributed by atoms with van der Waals surface area (Å²) in [5, 5.41) is 17.5. The van der Waals surface area contributed by atoms with Crippen molar-refractivity contribution in [2.75, 3.05) is 12.8 Å². The number of unbranched alkanes of at least 4 members (excludes halogenated alkanes) is 7. The predicted molar refractivity (Wildman–Crippen MR) is 113 cm³/mol. The molecule has 0 atom stereocenters. The van der Waals surface area contributed by atoms with E-state index in [4.69, 9.17) is 14.9 Å². The zero-order chi connectivity index (χ0) is 20.7. The van der Waals surface area contributed by atoms with Gasteiger partial charge in [0, 0.05) is 0 Å². The first-order chi connectivity index (χ1) is 12.7. The van der Waals surface area contributed by atoms with Gasteiger partial charge in [-0.05, 0) is 0 Å². The minimum Gasteiger partial charge on any atom is -0.481 e. The average Bonchev–Trinajstić information content (AvgIpc) is 2.57. The molecule has 0 aromatic heterocycles. The predicted octanol–water partition coefficient (Wildman–Crippen LogP) is 5.12. The summed E-state index contributed by atoms with van der Waals surface area (Å²) in [6.45, 7) is 8.78. The van der Waals surface area contributed by atoms with Gasteiger partial charge in [0.15, 0.2) is 0 Å². The van der Waals surface area contributed by atoms with Crippen LogP contribution >= 0.6 is 7.87 Å². The summed E-state index contributed by atoms with van der Waals surface area (Å²) < 4.78 is 8.08. The summed E-state index contributed by atoms with van der Waals surface area (Å²) in [6, 6.07) is 2.50. The Balaban J connectivity index is 4.07. The molecule has 0 saturated carbocycles. The van der Waals surface area contributed by atoms with Crippen LogP contribution in [0.2, 0.25) is 0 Å². The molecular weight excluding hydrogens is 363 g/mol. The number of hydrogen-bond donors (Lipinski definition) is 2. The molecule has 0 saturated heterocycles. The van der Waals surface area contributed by atoms with Crippen LogP contribution in [0.15, 0.2) is 0 Å². The Kier molecular flexibility index (Phi) is 14.8. The molecule has 0 rings (SSSR count). The van der Waals surface area contributed by atoms with Crippen LogP contribution in [0.5, 0.6) is 0 Å². The van der Waals surface area contributed by atoms with Crippen LogP contribution in [0.4, 0.5) is 0 Å². The van der Waals surface area contributed by atoms with Crippen LogP contribution in [0.25, 0.3) is 0 Å². The smallest absolute Gasteiger partial charge is 0.481 e. The summed E-state index contributed by atoms with van der Waals surface area (Å²) in [4.78, 5) is 21.6. The van der Waals surface area contributed by atoms with E-state index in [0.29, 0.717) is 19.2 Å². The molecule has 0 aromatic rings. The van der Waals surface area contributed by atoms with E-state index >= 15 is 0 Å². The van der Waals surface area contributed by atoms with Crippen LogP contribution in [0.1, 0.15) is 91.9 Å². The first-order valence-corrected chi connectivity index (χ1v) is 12.5. The minimum atomic E-state index is -3.06. The Morgan fingerprint density at radius 3 is 1.93 bits per heavy atom. The van der Waals surface area contributed by atoms with Crippen LogP contribution in [-0.4, -0.2) is 45.5 Å². The van der Waals surface area contributed by atoms with Crippen molar-refractivity contribution in [3.05, 3.63) is 0 Å². The average molecular weight is 405 g/mol. The number of nitrogens with zero attached hydrogens (tertiary/aromatic N) is 2. The summed E-state index contributed by atoms with van der Waals surface area (Å²) in [5.41, 5.74) is 0. The van der Waals surface area contributed by atoms with Gasteiger partial charge < -0.3 is 5.11 Å². The second-order valence-corrected chi connectivity index (χ2v) is 10.6. The van der Waals surface area contributed by atoms with Crippen molar-refractivity contribution < 1.29 is 19.3 Å². The molecule has 0 aliphatic carbocycles. The molecule has 2 N–H and O–H groups in total. The monoisotopic (exact) mass is 404 g/mol. The first-order valence-electron chi connectivity index (χ1n) is 10.5. The van der Waals surface area contributed by atoms with Gasteiger partial charge in [0.2, 0.25) is 0 Å². The molecular formula is C20H41N2O4P. The Bertz CT molecular complexity index is 432. The van der Waals surface area contributed by atoms with Gasteiger partial charge in [0.1, 0.15) is 0 Å². The van der Waals surface area contributed by atoms with Gasteiger partial charge in [-0.2, -0.15) is 0 Å². The molecule has 0 amide bonds. The van der Waals surface area contributed by atoms with E-state index in [0.717, 1.165) is 51.4 Å². The molecule has 0 aliphatic heterocycles. The van der Waals surface area contributed by atoms with Gasteiger partial charge >= 0.3 is 156 Å². The number of carbonyl (C=O) groups is 1. The number of aliphatic carboxylic acids is 1. The molecule has 7 heteroatoms. The molecule has 0 unspecified atom stereocenters. The van der Waals surface area contributed by atoms with E-state index < -0.39 is 13.8 Å². The minimum absolute atomic E-state index is 0.182. The van der Waals surface area contributed by atoms with Crippen molar-refractivity contribution in [2.45, 2.75) is 104 Å². The number of carboxylic acid groups (broad SMARTS) is 1. The maximum atomic E-state index is 11.2. The zero-order valence-corrected chi connectivity index (χ0v) is 18.7. The van der Waals surface area contributed by atoms with Gasteiger partial charge in [0.25, 0.3) is 0 Å². The second-order valence-electron chi connectivity index (χ2n) is 7.82. The van der Waals surface area contributed by atoms with Crippen LogP contribution in [0, 0.1) is 11.3 Å². The summed E-state index contributed by atoms with van der Waals surface area (Å²) in [7, 11) is -3.06.